The number of phenols is 1. The van der Waals surface area contributed by atoms with E-state index in [2.05, 4.69) is 0 Å². The first-order valence-electron chi connectivity index (χ1n) is 7.28. The predicted molar refractivity (Wildman–Crippen MR) is 78.1 cm³/mol. The number of likely N-dealkylation sites (tertiary alicyclic amines) is 1. The maximum Gasteiger partial charge on any atom is 0.310 e. The van der Waals surface area contributed by atoms with E-state index >= 15 is 0 Å². The second-order valence-electron chi connectivity index (χ2n) is 5.34. The van der Waals surface area contributed by atoms with E-state index < -0.39 is 0 Å². The SMILES string of the molecule is CCOC(=O)[C@H]1CCCN(C(=O)c2ccc(O)cc2C)C1. The van der Waals surface area contributed by atoms with Gasteiger partial charge in [-0.25, -0.2) is 0 Å². The molecule has 1 aromatic carbocycles. The number of esters is 1. The van der Waals surface area contributed by atoms with Crippen LogP contribution in [0.4, 0.5) is 0 Å². The Hall–Kier alpha value is -2.04. The smallest absolute Gasteiger partial charge is 0.310 e. The fourth-order valence-electron chi connectivity index (χ4n) is 2.67. The van der Waals surface area contributed by atoms with Gasteiger partial charge in [0.2, 0.25) is 0 Å². The highest BCUT2D eigenvalue weighted by Crippen LogP contribution is 2.22. The Balaban J connectivity index is 2.10. The molecular formula is C16H21NO4. The van der Waals surface area contributed by atoms with Crippen molar-refractivity contribution in [2.24, 2.45) is 5.92 Å². The normalized spacial score (nSPS) is 18.4. The topological polar surface area (TPSA) is 66.8 Å². The van der Waals surface area contributed by atoms with Crippen molar-refractivity contribution in [2.45, 2.75) is 26.7 Å². The Morgan fingerprint density at radius 1 is 1.43 bits per heavy atom. The number of amides is 1. The molecule has 1 fully saturated rings. The highest BCUT2D eigenvalue weighted by atomic mass is 16.5. The Kier molecular flexibility index (Phi) is 4.83. The van der Waals surface area contributed by atoms with Crippen molar-refractivity contribution in [1.82, 2.24) is 4.90 Å². The largest absolute Gasteiger partial charge is 0.508 e. The van der Waals surface area contributed by atoms with Crippen molar-refractivity contribution in [1.29, 1.82) is 0 Å². The fraction of sp³-hybridized carbons (Fsp3) is 0.500. The summed E-state index contributed by atoms with van der Waals surface area (Å²) >= 11 is 0. The summed E-state index contributed by atoms with van der Waals surface area (Å²) in [5, 5.41) is 9.42. The lowest BCUT2D eigenvalue weighted by Crippen LogP contribution is -2.43. The Bertz CT molecular complexity index is 541. The molecule has 1 saturated heterocycles. The van der Waals surface area contributed by atoms with Gasteiger partial charge in [-0.15, -0.1) is 0 Å². The summed E-state index contributed by atoms with van der Waals surface area (Å²) in [6.07, 6.45) is 1.56. The van der Waals surface area contributed by atoms with Crippen LogP contribution >= 0.6 is 0 Å². The van der Waals surface area contributed by atoms with Gasteiger partial charge in [0, 0.05) is 18.7 Å². The molecule has 114 valence electrons. The van der Waals surface area contributed by atoms with Crippen LogP contribution in [0.25, 0.3) is 0 Å². The second kappa shape index (κ2) is 6.61. The zero-order chi connectivity index (χ0) is 15.4. The first-order valence-corrected chi connectivity index (χ1v) is 7.28. The van der Waals surface area contributed by atoms with Gasteiger partial charge < -0.3 is 14.7 Å². The van der Waals surface area contributed by atoms with Crippen molar-refractivity contribution in [2.75, 3.05) is 19.7 Å². The molecule has 1 atom stereocenters. The molecule has 1 aliphatic rings. The Morgan fingerprint density at radius 3 is 2.86 bits per heavy atom. The summed E-state index contributed by atoms with van der Waals surface area (Å²) in [6.45, 7) is 4.98. The maximum atomic E-state index is 12.6. The first-order chi connectivity index (χ1) is 10.0. The average Bonchev–Trinajstić information content (AvgIpc) is 2.47. The van der Waals surface area contributed by atoms with Crippen LogP contribution in [0.15, 0.2) is 18.2 Å². The quantitative estimate of drug-likeness (QED) is 0.866. The highest BCUT2D eigenvalue weighted by molar-refractivity contribution is 5.96. The minimum absolute atomic E-state index is 0.0958. The number of benzene rings is 1. The first kappa shape index (κ1) is 15.4. The van der Waals surface area contributed by atoms with Crippen LogP contribution in [0.5, 0.6) is 5.75 Å². The second-order valence-corrected chi connectivity index (χ2v) is 5.34. The lowest BCUT2D eigenvalue weighted by atomic mass is 9.97. The molecule has 0 unspecified atom stereocenters. The van der Waals surface area contributed by atoms with E-state index in [4.69, 9.17) is 4.74 Å². The van der Waals surface area contributed by atoms with E-state index in [-0.39, 0.29) is 23.5 Å². The number of aryl methyl sites for hydroxylation is 1. The minimum atomic E-state index is -0.236. The van der Waals surface area contributed by atoms with Crippen molar-refractivity contribution >= 4 is 11.9 Å². The highest BCUT2D eigenvalue weighted by Gasteiger charge is 2.30. The molecule has 0 aromatic heterocycles. The summed E-state index contributed by atoms with van der Waals surface area (Å²) in [5.74, 6) is -0.411. The predicted octanol–water partition coefficient (Wildman–Crippen LogP) is 2.12. The molecule has 0 saturated carbocycles. The molecule has 0 spiro atoms. The van der Waals surface area contributed by atoms with Crippen LogP contribution in [0.3, 0.4) is 0 Å². The standard InChI is InChI=1S/C16H21NO4/c1-3-21-16(20)12-5-4-8-17(10-12)15(19)14-7-6-13(18)9-11(14)2/h6-7,9,12,18H,3-5,8,10H2,1-2H3/t12-/m0/s1. The molecule has 5 nitrogen and oxygen atoms in total. The molecule has 21 heavy (non-hydrogen) atoms. The number of piperidine rings is 1. The lowest BCUT2D eigenvalue weighted by Gasteiger charge is -2.32. The number of aromatic hydroxyl groups is 1. The van der Waals surface area contributed by atoms with E-state index in [9.17, 15) is 14.7 Å². The number of nitrogens with zero attached hydrogens (tertiary/aromatic N) is 1. The van der Waals surface area contributed by atoms with Crippen LogP contribution < -0.4 is 0 Å². The molecular weight excluding hydrogens is 270 g/mol. The van der Waals surface area contributed by atoms with Gasteiger partial charge in [-0.3, -0.25) is 9.59 Å². The molecule has 1 heterocycles. The summed E-state index contributed by atoms with van der Waals surface area (Å²) in [5.41, 5.74) is 1.30. The van der Waals surface area contributed by atoms with Crippen molar-refractivity contribution < 1.29 is 19.4 Å². The van der Waals surface area contributed by atoms with Gasteiger partial charge in [0.1, 0.15) is 5.75 Å². The van der Waals surface area contributed by atoms with Gasteiger partial charge in [-0.2, -0.15) is 0 Å². The third-order valence-corrected chi connectivity index (χ3v) is 3.77. The van der Waals surface area contributed by atoms with Crippen LogP contribution in [0, 0.1) is 12.8 Å². The van der Waals surface area contributed by atoms with E-state index in [1.807, 2.05) is 0 Å². The molecule has 2 rings (SSSR count). The monoisotopic (exact) mass is 291 g/mol. The minimum Gasteiger partial charge on any atom is -0.508 e. The zero-order valence-electron chi connectivity index (χ0n) is 12.5. The number of ether oxygens (including phenoxy) is 1. The van der Waals surface area contributed by atoms with Gasteiger partial charge in [-0.1, -0.05) is 0 Å². The summed E-state index contributed by atoms with van der Waals surface area (Å²) in [6, 6.07) is 4.70. The van der Waals surface area contributed by atoms with Crippen molar-refractivity contribution in [3.05, 3.63) is 29.3 Å². The number of rotatable bonds is 3. The van der Waals surface area contributed by atoms with Crippen LogP contribution in [-0.4, -0.2) is 41.6 Å². The molecule has 1 aromatic rings. The average molecular weight is 291 g/mol. The fourth-order valence-corrected chi connectivity index (χ4v) is 2.67. The van der Waals surface area contributed by atoms with Crippen LogP contribution in [-0.2, 0) is 9.53 Å². The Labute approximate surface area is 124 Å². The van der Waals surface area contributed by atoms with Crippen molar-refractivity contribution in [3.8, 4) is 5.75 Å². The van der Waals surface area contributed by atoms with Crippen LogP contribution in [0.1, 0.15) is 35.7 Å². The third kappa shape index (κ3) is 3.54. The maximum absolute atomic E-state index is 12.6. The van der Waals surface area contributed by atoms with E-state index in [0.717, 1.165) is 18.4 Å². The van der Waals surface area contributed by atoms with Gasteiger partial charge in [0.15, 0.2) is 0 Å². The molecule has 5 heteroatoms. The van der Waals surface area contributed by atoms with Gasteiger partial charge in [0.25, 0.3) is 5.91 Å². The molecule has 1 aliphatic heterocycles. The van der Waals surface area contributed by atoms with E-state index in [1.165, 1.54) is 6.07 Å². The van der Waals surface area contributed by atoms with Crippen LogP contribution in [0.2, 0.25) is 0 Å². The number of carbonyl (C=O) groups excluding carboxylic acids is 2. The number of hydrogen-bond donors (Lipinski definition) is 1. The summed E-state index contributed by atoms with van der Waals surface area (Å²) in [4.78, 5) is 26.1. The number of phenolic OH excluding ortho intramolecular Hbond substituents is 1. The van der Waals surface area contributed by atoms with E-state index in [0.29, 0.717) is 25.3 Å². The number of carbonyl (C=O) groups is 2. The zero-order valence-corrected chi connectivity index (χ0v) is 12.5. The molecule has 0 radical (unpaired) electrons. The number of hydrogen-bond acceptors (Lipinski definition) is 4. The molecule has 0 bridgehead atoms. The third-order valence-electron chi connectivity index (χ3n) is 3.77. The van der Waals surface area contributed by atoms with Gasteiger partial charge in [0.05, 0.1) is 12.5 Å². The lowest BCUT2D eigenvalue weighted by molar-refractivity contribution is -0.149. The van der Waals surface area contributed by atoms with E-state index in [1.54, 1.807) is 30.9 Å². The summed E-state index contributed by atoms with van der Waals surface area (Å²) < 4.78 is 5.04. The molecule has 0 aliphatic carbocycles. The molecule has 1 N–H and O–H groups in total. The summed E-state index contributed by atoms with van der Waals surface area (Å²) in [7, 11) is 0. The van der Waals surface area contributed by atoms with Gasteiger partial charge >= 0.3 is 5.97 Å². The Morgan fingerprint density at radius 2 is 2.19 bits per heavy atom. The molecule has 1 amide bonds. The van der Waals surface area contributed by atoms with Crippen molar-refractivity contribution in [3.63, 3.8) is 0 Å². The van der Waals surface area contributed by atoms with Gasteiger partial charge in [-0.05, 0) is 50.5 Å².